The molecule has 5 nitrogen and oxygen atoms in total. The molecule has 0 spiro atoms. The molecule has 0 aromatic carbocycles. The van der Waals surface area contributed by atoms with Crippen molar-refractivity contribution in [3.05, 3.63) is 22.7 Å². The van der Waals surface area contributed by atoms with Crippen LogP contribution >= 0.6 is 11.6 Å². The van der Waals surface area contributed by atoms with Crippen molar-refractivity contribution in [2.75, 3.05) is 0 Å². The minimum atomic E-state index is -0.513. The molecule has 0 fully saturated rings. The molecule has 98 valence electrons. The Balaban J connectivity index is 2.22. The van der Waals surface area contributed by atoms with Crippen molar-refractivity contribution < 1.29 is 9.53 Å². The zero-order chi connectivity index (χ0) is 13.5. The number of fused-ring (bicyclic) bond motifs is 1. The summed E-state index contributed by atoms with van der Waals surface area (Å²) >= 11 is 6.04. The third-order valence-corrected chi connectivity index (χ3v) is 3.05. The molecule has 1 aromatic rings. The molecule has 1 aromatic heterocycles. The van der Waals surface area contributed by atoms with Gasteiger partial charge in [0, 0.05) is 5.56 Å². The fourth-order valence-corrected chi connectivity index (χ4v) is 2.25. The minimum absolute atomic E-state index is 0.163. The molecule has 2 heterocycles. The SMILES string of the molecule is CC1c2c(Cl)ncnc2CN1C(=O)OC(C)(C)C. The summed E-state index contributed by atoms with van der Waals surface area (Å²) in [5.74, 6) is 0. The van der Waals surface area contributed by atoms with Crippen LogP contribution in [0.2, 0.25) is 5.15 Å². The van der Waals surface area contributed by atoms with Crippen molar-refractivity contribution in [1.82, 2.24) is 14.9 Å². The van der Waals surface area contributed by atoms with Gasteiger partial charge in [-0.05, 0) is 27.7 Å². The predicted molar refractivity (Wildman–Crippen MR) is 67.2 cm³/mol. The second kappa shape index (κ2) is 4.39. The highest BCUT2D eigenvalue weighted by Crippen LogP contribution is 2.36. The summed E-state index contributed by atoms with van der Waals surface area (Å²) in [4.78, 5) is 21.8. The maximum Gasteiger partial charge on any atom is 0.411 e. The Morgan fingerprint density at radius 3 is 2.72 bits per heavy atom. The number of carbonyl (C=O) groups is 1. The predicted octanol–water partition coefficient (Wildman–Crippen LogP) is 2.94. The number of hydrogen-bond donors (Lipinski definition) is 0. The lowest BCUT2D eigenvalue weighted by molar-refractivity contribution is 0.0186. The van der Waals surface area contributed by atoms with E-state index in [0.717, 1.165) is 11.3 Å². The summed E-state index contributed by atoms with van der Waals surface area (Å²) < 4.78 is 5.36. The van der Waals surface area contributed by atoms with Gasteiger partial charge in [-0.3, -0.25) is 4.90 Å². The van der Waals surface area contributed by atoms with Gasteiger partial charge >= 0.3 is 6.09 Å². The normalized spacial score (nSPS) is 18.7. The van der Waals surface area contributed by atoms with Gasteiger partial charge in [0.2, 0.25) is 0 Å². The van der Waals surface area contributed by atoms with Gasteiger partial charge in [0.1, 0.15) is 17.1 Å². The maximum absolute atomic E-state index is 12.1. The molecule has 2 rings (SSSR count). The van der Waals surface area contributed by atoms with E-state index >= 15 is 0 Å². The van der Waals surface area contributed by atoms with E-state index in [1.54, 1.807) is 4.90 Å². The number of hydrogen-bond acceptors (Lipinski definition) is 4. The Morgan fingerprint density at radius 1 is 1.50 bits per heavy atom. The number of aromatic nitrogens is 2. The molecule has 0 N–H and O–H groups in total. The summed E-state index contributed by atoms with van der Waals surface area (Å²) in [7, 11) is 0. The number of rotatable bonds is 0. The second-order valence-electron chi connectivity index (χ2n) is 5.31. The van der Waals surface area contributed by atoms with Gasteiger partial charge in [-0.2, -0.15) is 0 Å². The fraction of sp³-hybridized carbons (Fsp3) is 0.583. The first-order valence-corrected chi connectivity index (χ1v) is 6.16. The monoisotopic (exact) mass is 269 g/mol. The number of amides is 1. The number of ether oxygens (including phenoxy) is 1. The summed E-state index contributed by atoms with van der Waals surface area (Å²) in [5.41, 5.74) is 1.08. The van der Waals surface area contributed by atoms with Crippen molar-refractivity contribution in [1.29, 1.82) is 0 Å². The average molecular weight is 270 g/mol. The topological polar surface area (TPSA) is 55.3 Å². The molecule has 6 heteroatoms. The molecular weight excluding hydrogens is 254 g/mol. The van der Waals surface area contributed by atoms with Crippen LogP contribution < -0.4 is 0 Å². The molecule has 0 saturated heterocycles. The van der Waals surface area contributed by atoms with Crippen LogP contribution in [0.5, 0.6) is 0 Å². The largest absolute Gasteiger partial charge is 0.444 e. The highest BCUT2D eigenvalue weighted by Gasteiger charge is 2.36. The number of nitrogens with zero attached hydrogens (tertiary/aromatic N) is 3. The maximum atomic E-state index is 12.1. The molecular formula is C12H16ClN3O2. The summed E-state index contributed by atoms with van der Waals surface area (Å²) in [6.07, 6.45) is 1.05. The van der Waals surface area contributed by atoms with Gasteiger partial charge in [-0.15, -0.1) is 0 Å². The zero-order valence-electron chi connectivity index (χ0n) is 10.9. The number of carbonyl (C=O) groups excluding carboxylic acids is 1. The van der Waals surface area contributed by atoms with E-state index in [1.807, 2.05) is 27.7 Å². The van der Waals surface area contributed by atoms with Crippen molar-refractivity contribution in [2.45, 2.75) is 45.9 Å². The quantitative estimate of drug-likeness (QED) is 0.680. The van der Waals surface area contributed by atoms with E-state index < -0.39 is 5.60 Å². The lowest BCUT2D eigenvalue weighted by atomic mass is 10.2. The highest BCUT2D eigenvalue weighted by atomic mass is 35.5. The van der Waals surface area contributed by atoms with Crippen LogP contribution in [0.4, 0.5) is 4.79 Å². The molecule has 0 bridgehead atoms. The Kier molecular flexibility index (Phi) is 3.19. The molecule has 1 aliphatic heterocycles. The van der Waals surface area contributed by atoms with Crippen molar-refractivity contribution in [3.63, 3.8) is 0 Å². The first-order valence-electron chi connectivity index (χ1n) is 5.78. The molecule has 1 atom stereocenters. The van der Waals surface area contributed by atoms with E-state index in [0.29, 0.717) is 11.7 Å². The fourth-order valence-electron chi connectivity index (χ4n) is 1.94. The second-order valence-corrected chi connectivity index (χ2v) is 5.67. The average Bonchev–Trinajstić information content (AvgIpc) is 2.55. The van der Waals surface area contributed by atoms with E-state index in [-0.39, 0.29) is 12.1 Å². The molecule has 1 amide bonds. The number of halogens is 1. The van der Waals surface area contributed by atoms with E-state index in [4.69, 9.17) is 16.3 Å². The Morgan fingerprint density at radius 2 is 2.17 bits per heavy atom. The molecule has 1 unspecified atom stereocenters. The smallest absolute Gasteiger partial charge is 0.411 e. The van der Waals surface area contributed by atoms with E-state index in [9.17, 15) is 4.79 Å². The van der Waals surface area contributed by atoms with Crippen LogP contribution in [0, 0.1) is 0 Å². The third kappa shape index (κ3) is 2.41. The third-order valence-electron chi connectivity index (χ3n) is 2.75. The van der Waals surface area contributed by atoms with Crippen LogP contribution in [-0.2, 0) is 11.3 Å². The van der Waals surface area contributed by atoms with Gasteiger partial charge in [-0.1, -0.05) is 11.6 Å². The Labute approximate surface area is 111 Å². The molecule has 0 radical (unpaired) electrons. The van der Waals surface area contributed by atoms with Crippen LogP contribution in [-0.4, -0.2) is 26.6 Å². The zero-order valence-corrected chi connectivity index (χ0v) is 11.7. The van der Waals surface area contributed by atoms with Gasteiger partial charge in [-0.25, -0.2) is 14.8 Å². The first-order chi connectivity index (χ1) is 8.29. The minimum Gasteiger partial charge on any atom is -0.444 e. The van der Waals surface area contributed by atoms with Gasteiger partial charge in [0.25, 0.3) is 0 Å². The van der Waals surface area contributed by atoms with Crippen LogP contribution in [0.3, 0.4) is 0 Å². The highest BCUT2D eigenvalue weighted by molar-refractivity contribution is 6.30. The van der Waals surface area contributed by atoms with Crippen molar-refractivity contribution in [3.8, 4) is 0 Å². The first kappa shape index (κ1) is 13.1. The summed E-state index contributed by atoms with van der Waals surface area (Å²) in [6.45, 7) is 7.82. The lowest BCUT2D eigenvalue weighted by Gasteiger charge is -2.26. The molecule has 0 saturated carbocycles. The summed E-state index contributed by atoms with van der Waals surface area (Å²) in [5, 5.41) is 0.401. The molecule has 18 heavy (non-hydrogen) atoms. The standard InChI is InChI=1S/C12H16ClN3O2/c1-7-9-8(14-6-15-10(9)13)5-16(7)11(17)18-12(2,3)4/h6-7H,5H2,1-4H3. The Bertz CT molecular complexity index is 485. The van der Waals surface area contributed by atoms with Crippen molar-refractivity contribution >= 4 is 17.7 Å². The summed E-state index contributed by atoms with van der Waals surface area (Å²) in [6, 6.07) is -0.163. The molecule has 1 aliphatic rings. The van der Waals surface area contributed by atoms with Crippen LogP contribution in [0.25, 0.3) is 0 Å². The molecule has 0 aliphatic carbocycles. The van der Waals surface area contributed by atoms with E-state index in [1.165, 1.54) is 6.33 Å². The van der Waals surface area contributed by atoms with Crippen molar-refractivity contribution in [2.24, 2.45) is 0 Å². The van der Waals surface area contributed by atoms with Gasteiger partial charge in [0.05, 0.1) is 18.3 Å². The Hall–Kier alpha value is -1.36. The van der Waals surface area contributed by atoms with Crippen LogP contribution in [0.1, 0.15) is 45.0 Å². The van der Waals surface area contributed by atoms with Gasteiger partial charge < -0.3 is 4.74 Å². The van der Waals surface area contributed by atoms with Gasteiger partial charge in [0.15, 0.2) is 0 Å². The van der Waals surface area contributed by atoms with Crippen LogP contribution in [0.15, 0.2) is 6.33 Å². The lowest BCUT2D eigenvalue weighted by Crippen LogP contribution is -2.35. The van der Waals surface area contributed by atoms with E-state index in [2.05, 4.69) is 9.97 Å².